The van der Waals surface area contributed by atoms with Crippen molar-refractivity contribution >= 4 is 16.9 Å². The predicted octanol–water partition coefficient (Wildman–Crippen LogP) is 3.72. The maximum Gasteiger partial charge on any atom is 0.337 e. The lowest BCUT2D eigenvalue weighted by molar-refractivity contribution is 0.0697. The Hall–Kier alpha value is -2.96. The molecule has 0 amide bonds. The number of carboxylic acid groups (broad SMARTS) is 1. The minimum absolute atomic E-state index is 0.0672. The standard InChI is InChI=1S/C16H9F3N2O2/c1-7-2-3-8(6-20-7)14-10(16(22)23)4-9-13(19)11(17)5-12(18)15(9)21-14/h2-6H,1H3,(H,22,23). The van der Waals surface area contributed by atoms with E-state index in [9.17, 15) is 23.1 Å². The summed E-state index contributed by atoms with van der Waals surface area (Å²) in [6, 6.07) is 4.46. The summed E-state index contributed by atoms with van der Waals surface area (Å²) in [5, 5.41) is 8.78. The summed E-state index contributed by atoms with van der Waals surface area (Å²) >= 11 is 0. The van der Waals surface area contributed by atoms with Gasteiger partial charge in [0.1, 0.15) is 5.52 Å². The highest BCUT2D eigenvalue weighted by molar-refractivity contribution is 5.99. The van der Waals surface area contributed by atoms with Gasteiger partial charge in [-0.1, -0.05) is 0 Å². The van der Waals surface area contributed by atoms with E-state index in [0.29, 0.717) is 17.3 Å². The van der Waals surface area contributed by atoms with E-state index in [2.05, 4.69) is 9.97 Å². The van der Waals surface area contributed by atoms with Crippen LogP contribution in [-0.2, 0) is 0 Å². The van der Waals surface area contributed by atoms with E-state index < -0.39 is 34.3 Å². The molecule has 2 heterocycles. The highest BCUT2D eigenvalue weighted by atomic mass is 19.2. The topological polar surface area (TPSA) is 63.1 Å². The molecule has 1 N–H and O–H groups in total. The van der Waals surface area contributed by atoms with Crippen molar-refractivity contribution in [2.75, 3.05) is 0 Å². The Morgan fingerprint density at radius 1 is 1.13 bits per heavy atom. The first kappa shape index (κ1) is 15.0. The number of carbonyl (C=O) groups is 1. The number of rotatable bonds is 2. The van der Waals surface area contributed by atoms with E-state index in [1.807, 2.05) is 0 Å². The van der Waals surface area contributed by atoms with Gasteiger partial charge in [0.05, 0.1) is 11.3 Å². The second-order valence-corrected chi connectivity index (χ2v) is 4.93. The van der Waals surface area contributed by atoms with Crippen LogP contribution in [0.4, 0.5) is 13.2 Å². The molecule has 4 nitrogen and oxygen atoms in total. The van der Waals surface area contributed by atoms with E-state index in [4.69, 9.17) is 0 Å². The highest BCUT2D eigenvalue weighted by Gasteiger charge is 2.20. The largest absolute Gasteiger partial charge is 0.478 e. The molecule has 0 aliphatic carbocycles. The van der Waals surface area contributed by atoms with Gasteiger partial charge in [0.2, 0.25) is 0 Å². The molecule has 0 unspecified atom stereocenters. The van der Waals surface area contributed by atoms with Gasteiger partial charge in [0.15, 0.2) is 17.5 Å². The smallest absolute Gasteiger partial charge is 0.337 e. The van der Waals surface area contributed by atoms with Gasteiger partial charge in [-0.2, -0.15) is 0 Å². The van der Waals surface area contributed by atoms with Crippen LogP contribution < -0.4 is 0 Å². The Morgan fingerprint density at radius 2 is 1.87 bits per heavy atom. The van der Waals surface area contributed by atoms with Gasteiger partial charge in [-0.05, 0) is 25.1 Å². The average molecular weight is 318 g/mol. The first-order valence-electron chi connectivity index (χ1n) is 6.53. The number of pyridine rings is 2. The van der Waals surface area contributed by atoms with E-state index in [-0.39, 0.29) is 11.3 Å². The SMILES string of the molecule is Cc1ccc(-c2nc3c(F)cc(F)c(F)c3cc2C(=O)O)cn1. The van der Waals surface area contributed by atoms with Gasteiger partial charge >= 0.3 is 5.97 Å². The number of carboxylic acids is 1. The Labute approximate surface area is 128 Å². The lowest BCUT2D eigenvalue weighted by Gasteiger charge is -2.09. The van der Waals surface area contributed by atoms with Gasteiger partial charge < -0.3 is 5.11 Å². The number of aromatic nitrogens is 2. The normalized spacial score (nSPS) is 11.0. The van der Waals surface area contributed by atoms with E-state index in [1.54, 1.807) is 19.1 Å². The molecule has 116 valence electrons. The third-order valence-electron chi connectivity index (χ3n) is 3.36. The number of halogens is 3. The van der Waals surface area contributed by atoms with Crippen molar-refractivity contribution in [3.8, 4) is 11.3 Å². The molecule has 0 spiro atoms. The van der Waals surface area contributed by atoms with Gasteiger partial charge in [-0.3, -0.25) is 4.98 Å². The van der Waals surface area contributed by atoms with Crippen LogP contribution in [0.3, 0.4) is 0 Å². The molecular formula is C16H9F3N2O2. The van der Waals surface area contributed by atoms with Crippen LogP contribution in [-0.4, -0.2) is 21.0 Å². The number of nitrogens with zero attached hydrogens (tertiary/aromatic N) is 2. The second-order valence-electron chi connectivity index (χ2n) is 4.93. The van der Waals surface area contributed by atoms with Crippen LogP contribution in [0.2, 0.25) is 0 Å². The fourth-order valence-electron chi connectivity index (χ4n) is 2.23. The van der Waals surface area contributed by atoms with Crippen molar-refractivity contribution in [2.24, 2.45) is 0 Å². The molecule has 0 fully saturated rings. The fraction of sp³-hybridized carbons (Fsp3) is 0.0625. The van der Waals surface area contributed by atoms with Crippen molar-refractivity contribution in [3.05, 3.63) is 59.2 Å². The average Bonchev–Trinajstić information content (AvgIpc) is 2.52. The summed E-state index contributed by atoms with van der Waals surface area (Å²) in [5.74, 6) is -5.21. The quantitative estimate of drug-likeness (QED) is 0.732. The summed E-state index contributed by atoms with van der Waals surface area (Å²) in [6.45, 7) is 1.74. The maximum absolute atomic E-state index is 13.9. The van der Waals surface area contributed by atoms with E-state index >= 15 is 0 Å². The minimum atomic E-state index is -1.40. The van der Waals surface area contributed by atoms with Crippen LogP contribution in [0.5, 0.6) is 0 Å². The highest BCUT2D eigenvalue weighted by Crippen LogP contribution is 2.29. The maximum atomic E-state index is 13.9. The third kappa shape index (κ3) is 2.50. The Bertz CT molecular complexity index is 940. The number of aromatic carboxylic acids is 1. The first-order chi connectivity index (χ1) is 10.9. The summed E-state index contributed by atoms with van der Waals surface area (Å²) in [6.07, 6.45) is 1.38. The fourth-order valence-corrected chi connectivity index (χ4v) is 2.23. The van der Waals surface area contributed by atoms with Gasteiger partial charge in [0, 0.05) is 28.9 Å². The number of hydrogen-bond acceptors (Lipinski definition) is 3. The molecule has 0 aliphatic heterocycles. The van der Waals surface area contributed by atoms with Gasteiger partial charge in [0.25, 0.3) is 0 Å². The summed E-state index contributed by atoms with van der Waals surface area (Å²) in [7, 11) is 0. The number of fused-ring (bicyclic) bond motifs is 1. The lowest BCUT2D eigenvalue weighted by Crippen LogP contribution is -2.05. The van der Waals surface area contributed by atoms with Crippen LogP contribution in [0.1, 0.15) is 16.1 Å². The molecule has 0 saturated carbocycles. The first-order valence-corrected chi connectivity index (χ1v) is 6.53. The van der Waals surface area contributed by atoms with Crippen molar-refractivity contribution in [2.45, 2.75) is 6.92 Å². The molecule has 1 aromatic carbocycles. The predicted molar refractivity (Wildman–Crippen MR) is 76.5 cm³/mol. The van der Waals surface area contributed by atoms with Crippen molar-refractivity contribution in [1.82, 2.24) is 9.97 Å². The molecular weight excluding hydrogens is 309 g/mol. The monoisotopic (exact) mass is 318 g/mol. The molecule has 2 aromatic heterocycles. The molecule has 23 heavy (non-hydrogen) atoms. The lowest BCUT2D eigenvalue weighted by atomic mass is 10.0. The van der Waals surface area contributed by atoms with Crippen LogP contribution in [0, 0.1) is 24.4 Å². The summed E-state index contributed by atoms with van der Waals surface area (Å²) < 4.78 is 41.0. The second kappa shape index (κ2) is 5.35. The molecule has 0 saturated heterocycles. The van der Waals surface area contributed by atoms with Gasteiger partial charge in [-0.15, -0.1) is 0 Å². The summed E-state index contributed by atoms with van der Waals surface area (Å²) in [4.78, 5) is 19.3. The number of aryl methyl sites for hydroxylation is 1. The van der Waals surface area contributed by atoms with Crippen LogP contribution >= 0.6 is 0 Å². The van der Waals surface area contributed by atoms with Crippen molar-refractivity contribution in [3.63, 3.8) is 0 Å². The Balaban J connectivity index is 2.39. The molecule has 0 bridgehead atoms. The van der Waals surface area contributed by atoms with Crippen molar-refractivity contribution in [1.29, 1.82) is 0 Å². The van der Waals surface area contributed by atoms with Gasteiger partial charge in [-0.25, -0.2) is 22.9 Å². The minimum Gasteiger partial charge on any atom is -0.478 e. The van der Waals surface area contributed by atoms with Crippen LogP contribution in [0.15, 0.2) is 30.5 Å². The zero-order chi connectivity index (χ0) is 16.7. The number of benzene rings is 1. The molecule has 0 radical (unpaired) electrons. The zero-order valence-corrected chi connectivity index (χ0v) is 11.8. The van der Waals surface area contributed by atoms with E-state index in [0.717, 1.165) is 6.07 Å². The molecule has 3 rings (SSSR count). The molecule has 7 heteroatoms. The Morgan fingerprint density at radius 3 is 2.48 bits per heavy atom. The molecule has 0 aliphatic rings. The molecule has 3 aromatic rings. The number of hydrogen-bond donors (Lipinski definition) is 1. The van der Waals surface area contributed by atoms with E-state index in [1.165, 1.54) is 6.20 Å². The summed E-state index contributed by atoms with van der Waals surface area (Å²) in [5.41, 5.74) is 0.156. The third-order valence-corrected chi connectivity index (χ3v) is 3.36. The Kier molecular flexibility index (Phi) is 3.48. The van der Waals surface area contributed by atoms with Crippen molar-refractivity contribution < 1.29 is 23.1 Å². The zero-order valence-electron chi connectivity index (χ0n) is 11.8. The van der Waals surface area contributed by atoms with Crippen LogP contribution in [0.25, 0.3) is 22.2 Å². The molecule has 0 atom stereocenters.